The maximum Gasteiger partial charge on any atom is 0.330 e. The summed E-state index contributed by atoms with van der Waals surface area (Å²) in [5.74, 6) is 1.39. The smallest absolute Gasteiger partial charge is 0.330 e. The molecule has 1 fully saturated rings. The lowest BCUT2D eigenvalue weighted by molar-refractivity contribution is -0.00765. The number of benzene rings is 3. The van der Waals surface area contributed by atoms with Crippen LogP contribution < -0.4 is 11.2 Å². The standard InChI is InChI=1S/C25H24N2O4S/c1-15-12-27(25(30)26-24(15)29)23-11-21(28)22(31-23)14-32-13-20-18-8-4-2-6-16(18)10-17-7-3-5-9-19(17)20/h2-10,12,21-23,28H,11,13-14H2,1H3,(H,26,29,30)/t21?,22-,23-/m1/s1. The molecule has 2 heterocycles. The highest BCUT2D eigenvalue weighted by molar-refractivity contribution is 7.98. The summed E-state index contributed by atoms with van der Waals surface area (Å²) in [4.78, 5) is 26.1. The second-order valence-corrected chi connectivity index (χ2v) is 9.25. The SMILES string of the molecule is Cc1cn([C@H]2CC(O)[C@@H](CSCc3c4ccccc4cc4ccccc34)O2)c(=O)[nH]c1=O. The minimum Gasteiger partial charge on any atom is -0.390 e. The van der Waals surface area contributed by atoms with E-state index < -0.39 is 23.6 Å². The molecule has 1 aliphatic rings. The largest absolute Gasteiger partial charge is 0.390 e. The van der Waals surface area contributed by atoms with E-state index in [2.05, 4.69) is 59.6 Å². The third kappa shape index (κ3) is 3.88. The number of aliphatic hydroxyl groups excluding tert-OH is 1. The number of hydrogen-bond donors (Lipinski definition) is 2. The van der Waals surface area contributed by atoms with Crippen LogP contribution in [0.15, 0.2) is 70.4 Å². The molecule has 5 rings (SSSR count). The van der Waals surface area contributed by atoms with Crippen LogP contribution in [-0.4, -0.2) is 32.6 Å². The van der Waals surface area contributed by atoms with Crippen LogP contribution in [-0.2, 0) is 10.5 Å². The number of aromatic nitrogens is 2. The molecule has 0 spiro atoms. The van der Waals surface area contributed by atoms with Crippen molar-refractivity contribution in [2.24, 2.45) is 0 Å². The van der Waals surface area contributed by atoms with Crippen molar-refractivity contribution in [3.63, 3.8) is 0 Å². The predicted octanol–water partition coefficient (Wildman–Crippen LogP) is 3.73. The summed E-state index contributed by atoms with van der Waals surface area (Å²) >= 11 is 1.71. The summed E-state index contributed by atoms with van der Waals surface area (Å²) in [5.41, 5.74) is 0.788. The van der Waals surface area contributed by atoms with E-state index in [1.165, 1.54) is 37.9 Å². The topological polar surface area (TPSA) is 84.3 Å². The fourth-order valence-corrected chi connectivity index (χ4v) is 5.54. The van der Waals surface area contributed by atoms with Crippen LogP contribution in [0.3, 0.4) is 0 Å². The molecule has 4 aromatic rings. The summed E-state index contributed by atoms with van der Waals surface area (Å²) in [5, 5.41) is 15.5. The molecule has 1 aliphatic heterocycles. The Kier molecular flexibility index (Phi) is 5.63. The predicted molar refractivity (Wildman–Crippen MR) is 128 cm³/mol. The van der Waals surface area contributed by atoms with E-state index in [0.717, 1.165) is 5.75 Å². The molecule has 32 heavy (non-hydrogen) atoms. The number of nitrogens with zero attached hydrogens (tertiary/aromatic N) is 1. The van der Waals surface area contributed by atoms with Crippen molar-refractivity contribution in [1.82, 2.24) is 9.55 Å². The molecule has 2 N–H and O–H groups in total. The number of nitrogens with one attached hydrogen (secondary N) is 1. The quantitative estimate of drug-likeness (QED) is 0.455. The van der Waals surface area contributed by atoms with Gasteiger partial charge in [0.25, 0.3) is 5.56 Å². The maximum atomic E-state index is 12.2. The zero-order valence-corrected chi connectivity index (χ0v) is 18.5. The molecule has 1 aromatic heterocycles. The Hall–Kier alpha value is -2.87. The lowest BCUT2D eigenvalue weighted by atomic mass is 9.98. The number of aromatic amines is 1. The normalized spacial score (nSPS) is 20.9. The average molecular weight is 449 g/mol. The molecule has 0 aliphatic carbocycles. The molecular formula is C25H24N2O4S. The van der Waals surface area contributed by atoms with Crippen LogP contribution in [0, 0.1) is 6.92 Å². The first-order chi connectivity index (χ1) is 15.5. The molecule has 3 aromatic carbocycles. The highest BCUT2D eigenvalue weighted by Crippen LogP contribution is 2.34. The van der Waals surface area contributed by atoms with E-state index in [0.29, 0.717) is 17.7 Å². The van der Waals surface area contributed by atoms with Crippen LogP contribution in [0.5, 0.6) is 0 Å². The zero-order chi connectivity index (χ0) is 22.2. The fourth-order valence-electron chi connectivity index (χ4n) is 4.38. The number of hydrogen-bond acceptors (Lipinski definition) is 5. The minimum atomic E-state index is -0.670. The number of H-pyrrole nitrogens is 1. The number of aliphatic hydroxyl groups is 1. The second-order valence-electron chi connectivity index (χ2n) is 8.22. The number of aryl methyl sites for hydroxylation is 1. The van der Waals surface area contributed by atoms with E-state index in [1.54, 1.807) is 18.7 Å². The number of ether oxygens (including phenoxy) is 1. The minimum absolute atomic E-state index is 0.313. The average Bonchev–Trinajstić information content (AvgIpc) is 3.16. The van der Waals surface area contributed by atoms with Crippen molar-refractivity contribution in [2.75, 3.05) is 5.75 Å². The highest BCUT2D eigenvalue weighted by atomic mass is 32.2. The van der Waals surface area contributed by atoms with E-state index in [1.807, 2.05) is 0 Å². The van der Waals surface area contributed by atoms with Crippen molar-refractivity contribution < 1.29 is 9.84 Å². The van der Waals surface area contributed by atoms with Gasteiger partial charge in [0.05, 0.1) is 12.2 Å². The summed E-state index contributed by atoms with van der Waals surface area (Å²) in [6.07, 6.45) is 0.169. The van der Waals surface area contributed by atoms with E-state index in [9.17, 15) is 14.7 Å². The van der Waals surface area contributed by atoms with Gasteiger partial charge in [-0.2, -0.15) is 11.8 Å². The maximum absolute atomic E-state index is 12.2. The van der Waals surface area contributed by atoms with Gasteiger partial charge in [0, 0.05) is 29.7 Å². The second kappa shape index (κ2) is 8.58. The van der Waals surface area contributed by atoms with Gasteiger partial charge >= 0.3 is 5.69 Å². The Morgan fingerprint density at radius 3 is 2.44 bits per heavy atom. The van der Waals surface area contributed by atoms with Gasteiger partial charge in [-0.3, -0.25) is 14.3 Å². The number of thioether (sulfide) groups is 1. The van der Waals surface area contributed by atoms with Crippen molar-refractivity contribution >= 4 is 33.3 Å². The molecule has 0 bridgehead atoms. The van der Waals surface area contributed by atoms with E-state index >= 15 is 0 Å². The first kappa shape index (κ1) is 21.0. The van der Waals surface area contributed by atoms with Gasteiger partial charge < -0.3 is 9.84 Å². The van der Waals surface area contributed by atoms with Gasteiger partial charge in [-0.1, -0.05) is 48.5 Å². The summed E-state index contributed by atoms with van der Waals surface area (Å²) < 4.78 is 7.38. The molecule has 6 nitrogen and oxygen atoms in total. The first-order valence-corrected chi connectivity index (χ1v) is 11.8. The molecule has 1 unspecified atom stereocenters. The van der Waals surface area contributed by atoms with Crippen LogP contribution in [0.2, 0.25) is 0 Å². The van der Waals surface area contributed by atoms with Gasteiger partial charge in [-0.25, -0.2) is 4.79 Å². The first-order valence-electron chi connectivity index (χ1n) is 10.6. The lowest BCUT2D eigenvalue weighted by Gasteiger charge is -2.17. The van der Waals surface area contributed by atoms with Gasteiger partial charge in [0.15, 0.2) is 0 Å². The Balaban J connectivity index is 1.34. The molecule has 7 heteroatoms. The number of rotatable bonds is 5. The summed E-state index contributed by atoms with van der Waals surface area (Å²) in [7, 11) is 0. The van der Waals surface area contributed by atoms with Crippen molar-refractivity contribution in [3.05, 3.63) is 92.8 Å². The van der Waals surface area contributed by atoms with Crippen LogP contribution in [0.25, 0.3) is 21.5 Å². The molecule has 3 atom stereocenters. The van der Waals surface area contributed by atoms with E-state index in [-0.39, 0.29) is 6.10 Å². The van der Waals surface area contributed by atoms with Crippen molar-refractivity contribution in [1.29, 1.82) is 0 Å². The van der Waals surface area contributed by atoms with Crippen LogP contribution in [0.1, 0.15) is 23.8 Å². The highest BCUT2D eigenvalue weighted by Gasteiger charge is 2.35. The monoisotopic (exact) mass is 448 g/mol. The third-order valence-corrected chi connectivity index (χ3v) is 7.13. The molecule has 0 amide bonds. The zero-order valence-electron chi connectivity index (χ0n) is 17.7. The Morgan fingerprint density at radius 1 is 1.09 bits per heavy atom. The molecule has 0 radical (unpaired) electrons. The molecule has 164 valence electrons. The summed E-state index contributed by atoms with van der Waals surface area (Å²) in [6.45, 7) is 1.64. The fraction of sp³-hybridized carbons (Fsp3) is 0.280. The van der Waals surface area contributed by atoms with E-state index in [4.69, 9.17) is 4.74 Å². The van der Waals surface area contributed by atoms with Crippen molar-refractivity contribution in [2.45, 2.75) is 37.5 Å². The third-order valence-electron chi connectivity index (χ3n) is 6.07. The number of fused-ring (bicyclic) bond motifs is 2. The molecule has 0 saturated carbocycles. The van der Waals surface area contributed by atoms with Gasteiger partial charge in [-0.05, 0) is 40.1 Å². The lowest BCUT2D eigenvalue weighted by Crippen LogP contribution is -2.33. The van der Waals surface area contributed by atoms with Crippen LogP contribution >= 0.6 is 11.8 Å². The summed E-state index contributed by atoms with van der Waals surface area (Å²) in [6, 6.07) is 19.0. The van der Waals surface area contributed by atoms with Gasteiger partial charge in [0.2, 0.25) is 0 Å². The van der Waals surface area contributed by atoms with Crippen molar-refractivity contribution in [3.8, 4) is 0 Å². The van der Waals surface area contributed by atoms with Gasteiger partial charge in [-0.15, -0.1) is 0 Å². The molecular weight excluding hydrogens is 424 g/mol. The van der Waals surface area contributed by atoms with Crippen LogP contribution in [0.4, 0.5) is 0 Å². The Labute approximate surface area is 188 Å². The Bertz CT molecular complexity index is 1360. The molecule has 1 saturated heterocycles. The Morgan fingerprint density at radius 2 is 1.75 bits per heavy atom. The van der Waals surface area contributed by atoms with Gasteiger partial charge in [0.1, 0.15) is 6.23 Å².